The fraction of sp³-hybridized carbons (Fsp3) is 0.855. The molecule has 2 atom stereocenters. The van der Waals surface area contributed by atoms with Gasteiger partial charge < -0.3 is 15.5 Å². The van der Waals surface area contributed by atoms with Crippen LogP contribution < -0.4 is 5.32 Å². The molecule has 2 unspecified atom stereocenters. The lowest BCUT2D eigenvalue weighted by Gasteiger charge is -2.20. The first-order chi connectivity index (χ1) is 32.7. The first kappa shape index (κ1) is 64.3. The van der Waals surface area contributed by atoms with Gasteiger partial charge in [0.1, 0.15) is 0 Å². The Labute approximate surface area is 414 Å². The van der Waals surface area contributed by atoms with Crippen molar-refractivity contribution in [3.8, 4) is 0 Å². The molecule has 0 fully saturated rings. The van der Waals surface area contributed by atoms with Gasteiger partial charge in [-0.2, -0.15) is 0 Å². The highest BCUT2D eigenvalue weighted by Crippen LogP contribution is 2.17. The van der Waals surface area contributed by atoms with Crippen LogP contribution in [-0.4, -0.2) is 34.9 Å². The lowest BCUT2D eigenvalue weighted by Crippen LogP contribution is -2.45. The van der Waals surface area contributed by atoms with Crippen LogP contribution in [0.4, 0.5) is 0 Å². The molecule has 4 nitrogen and oxygen atoms in total. The quantitative estimate of drug-likeness (QED) is 0.0420. The molecule has 0 aliphatic rings. The second kappa shape index (κ2) is 57.7. The van der Waals surface area contributed by atoms with E-state index < -0.39 is 12.1 Å². The molecule has 0 saturated heterocycles. The molecule has 0 aromatic rings. The molecule has 388 valence electrons. The average Bonchev–Trinajstić information content (AvgIpc) is 3.32. The van der Waals surface area contributed by atoms with E-state index in [4.69, 9.17) is 0 Å². The summed E-state index contributed by atoms with van der Waals surface area (Å²) in [5.41, 5.74) is 0. The number of carbonyl (C=O) groups excluding carboxylic acids is 1. The molecular formula is C62H117NO3. The van der Waals surface area contributed by atoms with Gasteiger partial charge in [-0.1, -0.05) is 306 Å². The lowest BCUT2D eigenvalue weighted by atomic mass is 10.0. The van der Waals surface area contributed by atoms with Crippen LogP contribution in [-0.2, 0) is 4.79 Å². The Bertz CT molecular complexity index is 1050. The Hall–Kier alpha value is -1.65. The van der Waals surface area contributed by atoms with Crippen molar-refractivity contribution < 1.29 is 15.0 Å². The van der Waals surface area contributed by atoms with Crippen LogP contribution in [0.5, 0.6) is 0 Å². The van der Waals surface area contributed by atoms with Crippen molar-refractivity contribution in [2.75, 3.05) is 6.61 Å². The zero-order chi connectivity index (χ0) is 47.7. The van der Waals surface area contributed by atoms with Gasteiger partial charge in [0, 0.05) is 6.42 Å². The predicted molar refractivity (Wildman–Crippen MR) is 295 cm³/mol. The number of unbranched alkanes of at least 4 members (excludes halogenated alkanes) is 42. The zero-order valence-electron chi connectivity index (χ0n) is 44.7. The molecule has 0 spiro atoms. The van der Waals surface area contributed by atoms with Gasteiger partial charge >= 0.3 is 0 Å². The second-order valence-corrected chi connectivity index (χ2v) is 20.4. The molecule has 66 heavy (non-hydrogen) atoms. The summed E-state index contributed by atoms with van der Waals surface area (Å²) in [6.07, 6.45) is 80.0. The summed E-state index contributed by atoms with van der Waals surface area (Å²) in [5.74, 6) is -0.0600. The maximum absolute atomic E-state index is 12.5. The van der Waals surface area contributed by atoms with Crippen LogP contribution in [0.1, 0.15) is 322 Å². The molecule has 0 rings (SSSR count). The Balaban J connectivity index is 3.48. The average molecular weight is 925 g/mol. The van der Waals surface area contributed by atoms with E-state index in [1.165, 1.54) is 263 Å². The molecular weight excluding hydrogens is 807 g/mol. The van der Waals surface area contributed by atoms with Crippen LogP contribution in [0.25, 0.3) is 0 Å². The fourth-order valence-corrected chi connectivity index (χ4v) is 9.25. The van der Waals surface area contributed by atoms with Crippen molar-refractivity contribution in [1.82, 2.24) is 5.32 Å². The van der Waals surface area contributed by atoms with Gasteiger partial charge in [-0.25, -0.2) is 0 Å². The Morgan fingerprint density at radius 3 is 0.924 bits per heavy atom. The number of aliphatic hydroxyl groups is 2. The minimum atomic E-state index is -0.840. The summed E-state index contributed by atoms with van der Waals surface area (Å²) >= 11 is 0. The van der Waals surface area contributed by atoms with E-state index in [2.05, 4.69) is 55.6 Å². The smallest absolute Gasteiger partial charge is 0.220 e. The molecule has 3 N–H and O–H groups in total. The number of amides is 1. The van der Waals surface area contributed by atoms with Crippen LogP contribution in [0.15, 0.2) is 48.6 Å². The van der Waals surface area contributed by atoms with Crippen molar-refractivity contribution >= 4 is 5.91 Å². The third kappa shape index (κ3) is 53.3. The summed E-state index contributed by atoms with van der Waals surface area (Å²) in [6, 6.07) is -0.623. The topological polar surface area (TPSA) is 69.6 Å². The zero-order valence-corrected chi connectivity index (χ0v) is 44.7. The lowest BCUT2D eigenvalue weighted by molar-refractivity contribution is -0.123. The second-order valence-electron chi connectivity index (χ2n) is 20.4. The molecule has 0 heterocycles. The first-order valence-corrected chi connectivity index (χ1v) is 29.9. The molecule has 0 aliphatic carbocycles. The van der Waals surface area contributed by atoms with Crippen LogP contribution in [0, 0.1) is 0 Å². The third-order valence-electron chi connectivity index (χ3n) is 13.8. The summed E-state index contributed by atoms with van der Waals surface area (Å²) in [5, 5.41) is 23.2. The van der Waals surface area contributed by atoms with Gasteiger partial charge in [0.15, 0.2) is 0 Å². The summed E-state index contributed by atoms with van der Waals surface area (Å²) in [7, 11) is 0. The highest BCUT2D eigenvalue weighted by Gasteiger charge is 2.18. The van der Waals surface area contributed by atoms with Crippen LogP contribution in [0.3, 0.4) is 0 Å². The van der Waals surface area contributed by atoms with Crippen molar-refractivity contribution in [2.24, 2.45) is 0 Å². The van der Waals surface area contributed by atoms with E-state index in [0.717, 1.165) is 38.5 Å². The van der Waals surface area contributed by atoms with Crippen molar-refractivity contribution in [1.29, 1.82) is 0 Å². The molecule has 0 bridgehead atoms. The number of nitrogens with one attached hydrogen (secondary N) is 1. The largest absolute Gasteiger partial charge is 0.394 e. The van der Waals surface area contributed by atoms with Crippen LogP contribution in [0.2, 0.25) is 0 Å². The highest BCUT2D eigenvalue weighted by molar-refractivity contribution is 5.76. The van der Waals surface area contributed by atoms with Gasteiger partial charge in [0.2, 0.25) is 5.91 Å². The summed E-state index contributed by atoms with van der Waals surface area (Å²) < 4.78 is 0. The minimum Gasteiger partial charge on any atom is -0.394 e. The van der Waals surface area contributed by atoms with Gasteiger partial charge in [-0.05, 0) is 57.8 Å². The SMILES string of the molecule is CCCCCCC/C=C\C/C=C\C/C=C\CCCCCCCCCCCCCCCCCCC(=O)NC(CO)C(O)/C=C/CCCCCCCCCCCCCCCCCCCCCCC. The van der Waals surface area contributed by atoms with Gasteiger partial charge in [0.25, 0.3) is 0 Å². The van der Waals surface area contributed by atoms with E-state index in [0.29, 0.717) is 6.42 Å². The van der Waals surface area contributed by atoms with E-state index in [9.17, 15) is 15.0 Å². The highest BCUT2D eigenvalue weighted by atomic mass is 16.3. The van der Waals surface area contributed by atoms with Crippen LogP contribution >= 0.6 is 0 Å². The van der Waals surface area contributed by atoms with E-state index in [-0.39, 0.29) is 12.5 Å². The Morgan fingerprint density at radius 2 is 0.621 bits per heavy atom. The van der Waals surface area contributed by atoms with Gasteiger partial charge in [-0.15, -0.1) is 0 Å². The number of aliphatic hydroxyl groups excluding tert-OH is 2. The number of carbonyl (C=O) groups is 1. The number of allylic oxidation sites excluding steroid dienone is 7. The predicted octanol–water partition coefficient (Wildman–Crippen LogP) is 19.8. The molecule has 1 amide bonds. The standard InChI is InChI=1S/C62H117NO3/c1-3-5-7-9-11-13-15-17-19-21-23-25-27-28-29-30-31-32-33-34-36-38-40-42-44-46-48-50-52-54-56-58-62(66)63-60(59-64)61(65)57-55-53-51-49-47-45-43-41-39-37-35-26-24-22-20-18-16-14-12-10-8-6-4-2/h15,17,21,23,27-28,55,57,60-61,64-65H,3-14,16,18-20,22,24-26,29-54,56,58-59H2,1-2H3,(H,63,66)/b17-15-,23-21-,28-27-,57-55+. The van der Waals surface area contributed by atoms with Crippen molar-refractivity contribution in [3.05, 3.63) is 48.6 Å². The summed E-state index contributed by atoms with van der Waals surface area (Å²) in [6.45, 7) is 4.33. The minimum absolute atomic E-state index is 0.0600. The summed E-state index contributed by atoms with van der Waals surface area (Å²) in [4.78, 5) is 12.5. The van der Waals surface area contributed by atoms with E-state index in [1.807, 2.05) is 6.08 Å². The Morgan fingerprint density at radius 1 is 0.364 bits per heavy atom. The molecule has 4 heteroatoms. The molecule has 0 aromatic carbocycles. The Kier molecular flexibility index (Phi) is 56.2. The normalized spacial score (nSPS) is 13.1. The van der Waals surface area contributed by atoms with E-state index >= 15 is 0 Å². The number of hydrogen-bond acceptors (Lipinski definition) is 3. The van der Waals surface area contributed by atoms with Gasteiger partial charge in [0.05, 0.1) is 18.8 Å². The maximum Gasteiger partial charge on any atom is 0.220 e. The molecule has 0 aliphatic heterocycles. The molecule has 0 aromatic heterocycles. The van der Waals surface area contributed by atoms with Crippen molar-refractivity contribution in [2.45, 2.75) is 334 Å². The monoisotopic (exact) mass is 924 g/mol. The number of hydrogen-bond donors (Lipinski definition) is 3. The van der Waals surface area contributed by atoms with Crippen molar-refractivity contribution in [3.63, 3.8) is 0 Å². The van der Waals surface area contributed by atoms with E-state index in [1.54, 1.807) is 6.08 Å². The number of rotatable bonds is 55. The third-order valence-corrected chi connectivity index (χ3v) is 13.8. The maximum atomic E-state index is 12.5. The fourth-order valence-electron chi connectivity index (χ4n) is 9.25. The molecule has 0 radical (unpaired) electrons. The molecule has 0 saturated carbocycles. The first-order valence-electron chi connectivity index (χ1n) is 29.9. The van der Waals surface area contributed by atoms with Gasteiger partial charge in [-0.3, -0.25) is 4.79 Å².